The van der Waals surface area contributed by atoms with Gasteiger partial charge in [0.05, 0.1) is 24.2 Å². The van der Waals surface area contributed by atoms with Crippen molar-refractivity contribution in [3.8, 4) is 5.75 Å². The highest BCUT2D eigenvalue weighted by Crippen LogP contribution is 2.35. The van der Waals surface area contributed by atoms with Gasteiger partial charge in [-0.2, -0.15) is 5.10 Å². The van der Waals surface area contributed by atoms with Crippen LogP contribution in [0.25, 0.3) is 21.8 Å². The summed E-state index contributed by atoms with van der Waals surface area (Å²) in [5.74, 6) is 1.55. The monoisotopic (exact) mass is 499 g/mol. The number of likely N-dealkylation sites (N-methyl/N-ethyl adjacent to an activating group) is 1. The number of ether oxygens (including phenoxy) is 1. The summed E-state index contributed by atoms with van der Waals surface area (Å²) >= 11 is 0. The number of anilines is 2. The quantitative estimate of drug-likeness (QED) is 0.433. The van der Waals surface area contributed by atoms with Gasteiger partial charge in [-0.15, -0.1) is 0 Å². The number of carbonyl (C=O) groups excluding carboxylic acids is 1. The fourth-order valence-corrected chi connectivity index (χ4v) is 5.61. The highest BCUT2D eigenvalue weighted by Gasteiger charge is 2.28. The molecule has 37 heavy (non-hydrogen) atoms. The minimum Gasteiger partial charge on any atom is -0.496 e. The number of hydrogen-bond donors (Lipinski definition) is 2. The summed E-state index contributed by atoms with van der Waals surface area (Å²) in [5, 5.41) is 12.6. The van der Waals surface area contributed by atoms with E-state index in [1.165, 1.54) is 0 Å². The lowest BCUT2D eigenvalue weighted by Gasteiger charge is -2.42. The third-order valence-corrected chi connectivity index (χ3v) is 7.80. The average Bonchev–Trinajstić information content (AvgIpc) is 3.44. The van der Waals surface area contributed by atoms with Gasteiger partial charge in [-0.05, 0) is 56.3 Å². The van der Waals surface area contributed by atoms with E-state index in [2.05, 4.69) is 32.4 Å². The number of hydrogen-bond acceptors (Lipinski definition) is 7. The fraction of sp³-hybridized carbons (Fsp3) is 0.393. The van der Waals surface area contributed by atoms with Crippen molar-refractivity contribution in [3.63, 3.8) is 0 Å². The lowest BCUT2D eigenvalue weighted by atomic mass is 10.0. The van der Waals surface area contributed by atoms with E-state index in [1.807, 2.05) is 47.4 Å². The summed E-state index contributed by atoms with van der Waals surface area (Å²) in [7, 11) is 3.85. The fourth-order valence-electron chi connectivity index (χ4n) is 5.61. The van der Waals surface area contributed by atoms with Gasteiger partial charge in [0, 0.05) is 61.9 Å². The molecule has 2 aromatic heterocycles. The van der Waals surface area contributed by atoms with Gasteiger partial charge < -0.3 is 19.9 Å². The number of likely N-dealkylation sites (tertiary alicyclic amines) is 1. The number of nitrogens with zero attached hydrogens (tertiary/aromatic N) is 5. The Morgan fingerprint density at radius 3 is 2.51 bits per heavy atom. The molecule has 0 atom stereocenters. The molecule has 4 heterocycles. The van der Waals surface area contributed by atoms with Crippen LogP contribution >= 0.6 is 0 Å². The molecule has 2 aliphatic rings. The second-order valence-electron chi connectivity index (χ2n) is 10.0. The summed E-state index contributed by atoms with van der Waals surface area (Å²) in [6, 6.07) is 14.1. The molecule has 9 heteroatoms. The zero-order valence-electron chi connectivity index (χ0n) is 21.4. The highest BCUT2D eigenvalue weighted by atomic mass is 16.5. The second-order valence-corrected chi connectivity index (χ2v) is 10.0. The van der Waals surface area contributed by atoms with Crippen LogP contribution in [0.5, 0.6) is 5.75 Å². The minimum absolute atomic E-state index is 0.107. The Hall–Kier alpha value is -3.69. The molecule has 2 fully saturated rings. The van der Waals surface area contributed by atoms with Crippen molar-refractivity contribution in [1.82, 2.24) is 29.9 Å². The summed E-state index contributed by atoms with van der Waals surface area (Å²) in [4.78, 5) is 25.0. The van der Waals surface area contributed by atoms with E-state index in [0.717, 1.165) is 85.4 Å². The van der Waals surface area contributed by atoms with Gasteiger partial charge in [0.25, 0.3) is 5.91 Å². The van der Waals surface area contributed by atoms with Crippen molar-refractivity contribution in [2.45, 2.75) is 18.9 Å². The van der Waals surface area contributed by atoms with Crippen molar-refractivity contribution >= 4 is 39.2 Å². The summed E-state index contributed by atoms with van der Waals surface area (Å²) in [5.41, 5.74) is 3.20. The van der Waals surface area contributed by atoms with Crippen LogP contribution in [0.2, 0.25) is 0 Å². The van der Waals surface area contributed by atoms with E-state index < -0.39 is 0 Å². The number of fused-ring (bicyclic) bond motifs is 3. The SMILES string of the molecule is COc1cccc2nc(Nc3ccc(C(=O)N4CCC(N5CCN(C)CC5)CC4)cc3)c3[nH]ncc3c12. The maximum Gasteiger partial charge on any atom is 0.253 e. The number of piperidine rings is 1. The first-order chi connectivity index (χ1) is 18.1. The van der Waals surface area contributed by atoms with Crippen LogP contribution < -0.4 is 10.1 Å². The van der Waals surface area contributed by atoms with E-state index in [0.29, 0.717) is 17.4 Å². The first kappa shape index (κ1) is 23.7. The molecule has 2 saturated heterocycles. The molecule has 0 radical (unpaired) electrons. The van der Waals surface area contributed by atoms with Crippen LogP contribution in [-0.2, 0) is 0 Å². The van der Waals surface area contributed by atoms with E-state index in [-0.39, 0.29) is 5.91 Å². The standard InChI is InChI=1S/C28H33N7O2/c1-33-14-16-34(17-15-33)21-10-12-35(13-11-21)28(36)19-6-8-20(9-7-19)30-27-26-22(18-29-32-26)25-23(31-27)4-3-5-24(25)37-2/h3-9,18,21H,10-17H2,1-2H3,(H,29,32)(H,30,31). The number of benzene rings is 2. The number of H-pyrrole nitrogens is 1. The molecule has 2 aliphatic heterocycles. The molecular formula is C28H33N7O2. The Labute approximate surface area is 216 Å². The predicted octanol–water partition coefficient (Wildman–Crippen LogP) is 3.72. The summed E-state index contributed by atoms with van der Waals surface area (Å²) < 4.78 is 5.55. The van der Waals surface area contributed by atoms with E-state index in [4.69, 9.17) is 9.72 Å². The Kier molecular flexibility index (Phi) is 6.40. The topological polar surface area (TPSA) is 89.6 Å². The largest absolute Gasteiger partial charge is 0.496 e. The van der Waals surface area contributed by atoms with Gasteiger partial charge in [0.1, 0.15) is 11.3 Å². The van der Waals surface area contributed by atoms with Crippen LogP contribution in [0.15, 0.2) is 48.7 Å². The molecule has 2 aromatic carbocycles. The van der Waals surface area contributed by atoms with E-state index >= 15 is 0 Å². The lowest BCUT2D eigenvalue weighted by Crippen LogP contribution is -2.52. The van der Waals surface area contributed by atoms with E-state index in [1.54, 1.807) is 13.3 Å². The summed E-state index contributed by atoms with van der Waals surface area (Å²) in [6.07, 6.45) is 3.89. The number of pyridine rings is 1. The molecule has 2 N–H and O–H groups in total. The van der Waals surface area contributed by atoms with E-state index in [9.17, 15) is 4.79 Å². The van der Waals surface area contributed by atoms with Crippen molar-refractivity contribution in [2.75, 3.05) is 58.7 Å². The zero-order valence-corrected chi connectivity index (χ0v) is 21.4. The first-order valence-corrected chi connectivity index (χ1v) is 13.0. The van der Waals surface area contributed by atoms with Crippen LogP contribution in [0.1, 0.15) is 23.2 Å². The maximum atomic E-state index is 13.2. The molecule has 0 aliphatic carbocycles. The number of nitrogens with one attached hydrogen (secondary N) is 2. The molecule has 6 rings (SSSR count). The lowest BCUT2D eigenvalue weighted by molar-refractivity contribution is 0.0519. The number of piperazine rings is 1. The Morgan fingerprint density at radius 1 is 1.03 bits per heavy atom. The number of methoxy groups -OCH3 is 1. The smallest absolute Gasteiger partial charge is 0.253 e. The van der Waals surface area contributed by atoms with Gasteiger partial charge in [-0.3, -0.25) is 14.8 Å². The third-order valence-electron chi connectivity index (χ3n) is 7.80. The van der Waals surface area contributed by atoms with Gasteiger partial charge in [-0.25, -0.2) is 4.98 Å². The minimum atomic E-state index is 0.107. The summed E-state index contributed by atoms with van der Waals surface area (Å²) in [6.45, 7) is 6.17. The number of carbonyl (C=O) groups is 1. The predicted molar refractivity (Wildman–Crippen MR) is 146 cm³/mol. The number of aromatic nitrogens is 3. The van der Waals surface area contributed by atoms with Crippen LogP contribution in [0.4, 0.5) is 11.5 Å². The Balaban J connectivity index is 1.14. The molecule has 0 spiro atoms. The number of aromatic amines is 1. The van der Waals surface area contributed by atoms with Crippen LogP contribution in [-0.4, -0.2) is 95.3 Å². The highest BCUT2D eigenvalue weighted by molar-refractivity contribution is 6.11. The third kappa shape index (κ3) is 4.60. The maximum absolute atomic E-state index is 13.2. The molecule has 0 unspecified atom stereocenters. The molecule has 0 saturated carbocycles. The van der Waals surface area contributed by atoms with Crippen molar-refractivity contribution in [3.05, 3.63) is 54.2 Å². The average molecular weight is 500 g/mol. The van der Waals surface area contributed by atoms with Gasteiger partial charge in [-0.1, -0.05) is 6.07 Å². The van der Waals surface area contributed by atoms with Gasteiger partial charge in [0.2, 0.25) is 0 Å². The molecule has 0 bridgehead atoms. The Bertz CT molecular complexity index is 1400. The molecule has 9 nitrogen and oxygen atoms in total. The second kappa shape index (κ2) is 9.99. The first-order valence-electron chi connectivity index (χ1n) is 13.0. The molecule has 192 valence electrons. The number of amides is 1. The molecular weight excluding hydrogens is 466 g/mol. The van der Waals surface area contributed by atoms with Crippen molar-refractivity contribution < 1.29 is 9.53 Å². The number of rotatable bonds is 5. The van der Waals surface area contributed by atoms with Crippen molar-refractivity contribution in [2.24, 2.45) is 0 Å². The normalized spacial score (nSPS) is 17.9. The molecule has 1 amide bonds. The van der Waals surface area contributed by atoms with Crippen LogP contribution in [0.3, 0.4) is 0 Å². The Morgan fingerprint density at radius 2 is 1.78 bits per heavy atom. The van der Waals surface area contributed by atoms with Crippen molar-refractivity contribution in [1.29, 1.82) is 0 Å². The van der Waals surface area contributed by atoms with Gasteiger partial charge in [0.15, 0.2) is 5.82 Å². The van der Waals surface area contributed by atoms with Gasteiger partial charge >= 0.3 is 0 Å². The van der Waals surface area contributed by atoms with Crippen LogP contribution in [0, 0.1) is 0 Å². The zero-order chi connectivity index (χ0) is 25.4. The molecule has 4 aromatic rings.